The Bertz CT molecular complexity index is 1100. The fourth-order valence-electron chi connectivity index (χ4n) is 4.26. The van der Waals surface area contributed by atoms with Crippen molar-refractivity contribution in [2.24, 2.45) is 11.7 Å². The van der Waals surface area contributed by atoms with Crippen molar-refractivity contribution in [2.75, 3.05) is 31.8 Å². The molecule has 162 valence electrons. The second-order valence-corrected chi connectivity index (χ2v) is 8.28. The molecule has 1 aromatic heterocycles. The van der Waals surface area contributed by atoms with E-state index < -0.39 is 53.1 Å². The summed E-state index contributed by atoms with van der Waals surface area (Å²) in [7, 11) is 1.28. The maximum atomic E-state index is 15.2. The number of benzene rings is 1. The summed E-state index contributed by atoms with van der Waals surface area (Å²) in [4.78, 5) is 25.8. The molecule has 1 saturated carbocycles. The number of methoxy groups -OCH3 is 1. The summed E-state index contributed by atoms with van der Waals surface area (Å²) in [5.74, 6) is -2.88. The highest BCUT2D eigenvalue weighted by molar-refractivity contribution is 5.97. The van der Waals surface area contributed by atoms with Gasteiger partial charge in [0, 0.05) is 37.2 Å². The van der Waals surface area contributed by atoms with E-state index in [2.05, 4.69) is 0 Å². The smallest absolute Gasteiger partial charge is 0.341 e. The van der Waals surface area contributed by atoms with Crippen LogP contribution in [0.15, 0.2) is 17.1 Å². The van der Waals surface area contributed by atoms with Crippen LogP contribution in [0.4, 0.5) is 18.9 Å². The quantitative estimate of drug-likeness (QED) is 0.763. The molecule has 3 N–H and O–H groups in total. The van der Waals surface area contributed by atoms with Crippen molar-refractivity contribution in [3.8, 4) is 5.75 Å². The van der Waals surface area contributed by atoms with Crippen molar-refractivity contribution in [1.29, 1.82) is 0 Å². The number of pyridine rings is 1. The zero-order chi connectivity index (χ0) is 22.0. The van der Waals surface area contributed by atoms with Crippen molar-refractivity contribution >= 4 is 22.6 Å². The van der Waals surface area contributed by atoms with Crippen LogP contribution in [0.25, 0.3) is 10.9 Å². The van der Waals surface area contributed by atoms with Gasteiger partial charge in [0.25, 0.3) is 0 Å². The number of hydrogen-bond acceptors (Lipinski definition) is 5. The number of nitrogens with two attached hydrogens (primary N) is 1. The first-order valence-electron chi connectivity index (χ1n) is 9.53. The molecular weight excluding hydrogens is 403 g/mol. The summed E-state index contributed by atoms with van der Waals surface area (Å²) in [6.07, 6.45) is -0.00449. The van der Waals surface area contributed by atoms with Crippen LogP contribution in [0, 0.1) is 11.7 Å². The molecule has 4 atom stereocenters. The van der Waals surface area contributed by atoms with Gasteiger partial charge in [0.1, 0.15) is 17.4 Å². The van der Waals surface area contributed by atoms with Gasteiger partial charge in [-0.2, -0.15) is 0 Å². The molecule has 0 radical (unpaired) electrons. The van der Waals surface area contributed by atoms with E-state index in [1.165, 1.54) is 11.7 Å². The highest BCUT2D eigenvalue weighted by atomic mass is 19.1. The van der Waals surface area contributed by atoms with Crippen molar-refractivity contribution in [3.63, 3.8) is 0 Å². The number of nitrogens with zero attached hydrogens (tertiary/aromatic N) is 2. The lowest BCUT2D eigenvalue weighted by atomic mass is 9.92. The first kappa shape index (κ1) is 20.5. The minimum atomic E-state index is -1.49. The van der Waals surface area contributed by atoms with Gasteiger partial charge in [-0.25, -0.2) is 13.6 Å². The van der Waals surface area contributed by atoms with Gasteiger partial charge in [-0.1, -0.05) is 0 Å². The monoisotopic (exact) mass is 425 g/mol. The number of carboxylic acid groups (broad SMARTS) is 1. The average molecular weight is 425 g/mol. The third-order valence-electron chi connectivity index (χ3n) is 6.08. The first-order chi connectivity index (χ1) is 14.1. The lowest BCUT2D eigenvalue weighted by molar-refractivity contribution is 0.0694. The van der Waals surface area contributed by atoms with Crippen molar-refractivity contribution in [3.05, 3.63) is 33.9 Å². The Morgan fingerprint density at radius 1 is 1.47 bits per heavy atom. The van der Waals surface area contributed by atoms with Crippen molar-refractivity contribution < 1.29 is 27.8 Å². The summed E-state index contributed by atoms with van der Waals surface area (Å²) >= 11 is 0. The zero-order valence-electron chi connectivity index (χ0n) is 16.5. The molecule has 4 unspecified atom stereocenters. The van der Waals surface area contributed by atoms with Crippen LogP contribution < -0.4 is 20.8 Å². The number of ether oxygens (including phenoxy) is 1. The van der Waals surface area contributed by atoms with E-state index in [9.17, 15) is 23.5 Å². The van der Waals surface area contributed by atoms with Gasteiger partial charge in [-0.3, -0.25) is 9.18 Å². The molecule has 1 aliphatic carbocycles. The predicted octanol–water partition coefficient (Wildman–Crippen LogP) is 2.25. The number of anilines is 1. The van der Waals surface area contributed by atoms with Crippen molar-refractivity contribution in [2.45, 2.75) is 31.1 Å². The van der Waals surface area contributed by atoms with Gasteiger partial charge < -0.3 is 25.0 Å². The maximum Gasteiger partial charge on any atom is 0.341 e. The second kappa shape index (κ2) is 6.90. The molecule has 0 bridgehead atoms. The standard InChI is InChI=1S/C20H22F3N3O4/c1-20(24)8-25(6-9(20)5-21)16-13(23)3-10-15(18(16)30-2)26(14-4-12(14)22)7-11(17(10)27)19(28)29/h3,7,9,12,14H,4-6,8,24H2,1-2H3,(H,28,29). The minimum Gasteiger partial charge on any atom is -0.492 e. The third kappa shape index (κ3) is 3.01. The molecule has 4 rings (SSSR count). The molecule has 1 aliphatic heterocycles. The Morgan fingerprint density at radius 3 is 2.63 bits per heavy atom. The Balaban J connectivity index is 2.01. The number of fused-ring (bicyclic) bond motifs is 1. The normalized spacial score (nSPS) is 28.2. The van der Waals surface area contributed by atoms with E-state index in [4.69, 9.17) is 10.5 Å². The molecule has 2 heterocycles. The highest BCUT2D eigenvalue weighted by Gasteiger charge is 2.44. The molecule has 0 amide bonds. The molecule has 2 fully saturated rings. The molecule has 0 spiro atoms. The Kier molecular flexibility index (Phi) is 4.72. The van der Waals surface area contributed by atoms with Gasteiger partial charge >= 0.3 is 5.97 Å². The Hall–Kier alpha value is -2.75. The molecule has 2 aliphatic rings. The van der Waals surface area contributed by atoms with Gasteiger partial charge in [0.05, 0.1) is 30.7 Å². The SMILES string of the molecule is COc1c(N2CC(CF)C(C)(N)C2)c(F)cc2c(=O)c(C(=O)O)cn(C3CC3F)c12. The lowest BCUT2D eigenvalue weighted by Gasteiger charge is -2.26. The molecular formula is C20H22F3N3O4. The molecule has 30 heavy (non-hydrogen) atoms. The number of alkyl halides is 2. The minimum absolute atomic E-state index is 0.00934. The number of halogens is 3. The van der Waals surface area contributed by atoms with Crippen LogP contribution >= 0.6 is 0 Å². The summed E-state index contributed by atoms with van der Waals surface area (Å²) in [5.41, 5.74) is 3.91. The van der Waals surface area contributed by atoms with Gasteiger partial charge in [0.15, 0.2) is 11.6 Å². The van der Waals surface area contributed by atoms with Gasteiger partial charge in [-0.15, -0.1) is 0 Å². The van der Waals surface area contributed by atoms with Crippen LogP contribution in [0.5, 0.6) is 5.75 Å². The summed E-state index contributed by atoms with van der Waals surface area (Å²) in [6, 6.07) is 0.250. The van der Waals surface area contributed by atoms with Crippen LogP contribution in [-0.4, -0.2) is 54.2 Å². The number of carbonyl (C=O) groups is 1. The Morgan fingerprint density at radius 2 is 2.13 bits per heavy atom. The summed E-state index contributed by atoms with van der Waals surface area (Å²) in [6.45, 7) is 1.27. The number of carboxylic acids is 1. The molecule has 7 nitrogen and oxygen atoms in total. The van der Waals surface area contributed by atoms with E-state index in [-0.39, 0.29) is 41.9 Å². The van der Waals surface area contributed by atoms with Crippen LogP contribution in [0.2, 0.25) is 0 Å². The van der Waals surface area contributed by atoms with Crippen LogP contribution in [0.3, 0.4) is 0 Å². The number of rotatable bonds is 5. The largest absolute Gasteiger partial charge is 0.492 e. The van der Waals surface area contributed by atoms with E-state index in [0.717, 1.165) is 12.3 Å². The van der Waals surface area contributed by atoms with Gasteiger partial charge in [-0.05, 0) is 13.0 Å². The fourth-order valence-corrected chi connectivity index (χ4v) is 4.26. The second-order valence-electron chi connectivity index (χ2n) is 8.28. The van der Waals surface area contributed by atoms with E-state index in [0.29, 0.717) is 0 Å². The predicted molar refractivity (Wildman–Crippen MR) is 104 cm³/mol. The van der Waals surface area contributed by atoms with Crippen LogP contribution in [0.1, 0.15) is 29.7 Å². The number of hydrogen-bond donors (Lipinski definition) is 2. The third-order valence-corrected chi connectivity index (χ3v) is 6.08. The van der Waals surface area contributed by atoms with Crippen LogP contribution in [-0.2, 0) is 0 Å². The Labute approximate surface area is 169 Å². The molecule has 10 heteroatoms. The van der Waals surface area contributed by atoms with E-state index in [1.807, 2.05) is 0 Å². The molecule has 2 aromatic rings. The lowest BCUT2D eigenvalue weighted by Crippen LogP contribution is -2.45. The maximum absolute atomic E-state index is 15.2. The van der Waals surface area contributed by atoms with Crippen molar-refractivity contribution in [1.82, 2.24) is 4.57 Å². The fraction of sp³-hybridized carbons (Fsp3) is 0.500. The molecule has 1 saturated heterocycles. The summed E-state index contributed by atoms with van der Waals surface area (Å²) < 4.78 is 49.3. The first-order valence-corrected chi connectivity index (χ1v) is 9.53. The summed E-state index contributed by atoms with van der Waals surface area (Å²) in [5, 5.41) is 9.15. The molecule has 1 aromatic carbocycles. The topological polar surface area (TPSA) is 97.8 Å². The highest BCUT2D eigenvalue weighted by Crippen LogP contribution is 2.46. The van der Waals surface area contributed by atoms with Gasteiger partial charge in [0.2, 0.25) is 5.43 Å². The average Bonchev–Trinajstić information content (AvgIpc) is 3.31. The number of aromatic carboxylic acids is 1. The van der Waals surface area contributed by atoms with E-state index in [1.54, 1.807) is 11.8 Å². The zero-order valence-corrected chi connectivity index (χ0v) is 16.5. The van der Waals surface area contributed by atoms with E-state index >= 15 is 4.39 Å². The number of aromatic nitrogens is 1.